The van der Waals surface area contributed by atoms with E-state index in [4.69, 9.17) is 4.74 Å². The second kappa shape index (κ2) is 8.47. The molecule has 1 aliphatic heterocycles. The Morgan fingerprint density at radius 1 is 1.28 bits per heavy atom. The SMILES string of the molecule is COc1cc2ncc(-c3nc(NC4CCCNC4)c(F)cc3F)n2nc1C(O)C(F)(F)F. The van der Waals surface area contributed by atoms with E-state index >= 15 is 0 Å². The Kier molecular flexibility index (Phi) is 5.86. The van der Waals surface area contributed by atoms with Gasteiger partial charge < -0.3 is 20.5 Å². The molecular formula is C19H19F5N6O2. The number of anilines is 1. The van der Waals surface area contributed by atoms with Crippen LogP contribution in [0.2, 0.25) is 0 Å². The zero-order chi connectivity index (χ0) is 23.0. The van der Waals surface area contributed by atoms with Gasteiger partial charge in [0.1, 0.15) is 22.8 Å². The van der Waals surface area contributed by atoms with Crippen molar-refractivity contribution in [3.05, 3.63) is 35.7 Å². The molecule has 0 spiro atoms. The van der Waals surface area contributed by atoms with Crippen molar-refractivity contribution in [2.45, 2.75) is 31.2 Å². The number of imidazole rings is 1. The van der Waals surface area contributed by atoms with Crippen LogP contribution in [-0.4, -0.2) is 57.1 Å². The molecule has 4 heterocycles. The third-order valence-corrected chi connectivity index (χ3v) is 5.08. The van der Waals surface area contributed by atoms with Gasteiger partial charge in [-0.05, 0) is 19.4 Å². The Morgan fingerprint density at radius 2 is 2.06 bits per heavy atom. The predicted octanol–water partition coefficient (Wildman–Crippen LogP) is 2.84. The van der Waals surface area contributed by atoms with Crippen LogP contribution >= 0.6 is 0 Å². The fourth-order valence-electron chi connectivity index (χ4n) is 3.50. The van der Waals surface area contributed by atoms with E-state index in [1.54, 1.807) is 0 Å². The third kappa shape index (κ3) is 4.17. The van der Waals surface area contributed by atoms with Gasteiger partial charge in [0.2, 0.25) is 0 Å². The van der Waals surface area contributed by atoms with Crippen LogP contribution in [0.25, 0.3) is 17.0 Å². The van der Waals surface area contributed by atoms with E-state index in [2.05, 4.69) is 25.7 Å². The number of methoxy groups -OCH3 is 1. The molecule has 0 bridgehead atoms. The first-order valence-electron chi connectivity index (χ1n) is 9.70. The van der Waals surface area contributed by atoms with Crippen LogP contribution in [-0.2, 0) is 0 Å². The summed E-state index contributed by atoms with van der Waals surface area (Å²) in [6, 6.07) is 1.63. The largest absolute Gasteiger partial charge is 0.495 e. The Balaban J connectivity index is 1.80. The zero-order valence-corrected chi connectivity index (χ0v) is 16.7. The first-order valence-corrected chi connectivity index (χ1v) is 9.70. The highest BCUT2D eigenvalue weighted by atomic mass is 19.4. The highest BCUT2D eigenvalue weighted by Gasteiger charge is 2.42. The number of nitrogens with one attached hydrogen (secondary N) is 2. The number of pyridine rings is 1. The van der Waals surface area contributed by atoms with E-state index in [1.165, 1.54) is 0 Å². The molecule has 2 unspecified atom stereocenters. The molecule has 3 aromatic heterocycles. The molecule has 3 aromatic rings. The minimum absolute atomic E-state index is 0.0199. The summed E-state index contributed by atoms with van der Waals surface area (Å²) in [5, 5.41) is 19.5. The number of nitrogens with zero attached hydrogens (tertiary/aromatic N) is 4. The smallest absolute Gasteiger partial charge is 0.420 e. The summed E-state index contributed by atoms with van der Waals surface area (Å²) in [5.74, 6) is -2.51. The van der Waals surface area contributed by atoms with Crippen LogP contribution in [0.15, 0.2) is 18.3 Å². The number of aromatic nitrogens is 4. The lowest BCUT2D eigenvalue weighted by molar-refractivity contribution is -0.208. The molecule has 1 saturated heterocycles. The lowest BCUT2D eigenvalue weighted by Crippen LogP contribution is -2.38. The van der Waals surface area contributed by atoms with Crippen molar-refractivity contribution in [2.24, 2.45) is 0 Å². The number of aliphatic hydroxyl groups excluding tert-OH is 1. The molecule has 8 nitrogen and oxygen atoms in total. The van der Waals surface area contributed by atoms with Gasteiger partial charge in [0.25, 0.3) is 0 Å². The monoisotopic (exact) mass is 458 g/mol. The van der Waals surface area contributed by atoms with Crippen LogP contribution in [0.3, 0.4) is 0 Å². The zero-order valence-electron chi connectivity index (χ0n) is 16.7. The van der Waals surface area contributed by atoms with E-state index in [-0.39, 0.29) is 34.6 Å². The maximum absolute atomic E-state index is 14.6. The van der Waals surface area contributed by atoms with Crippen molar-refractivity contribution in [2.75, 3.05) is 25.5 Å². The van der Waals surface area contributed by atoms with Crippen LogP contribution in [0, 0.1) is 11.6 Å². The Bertz CT molecular complexity index is 1130. The molecule has 0 aromatic carbocycles. The molecule has 0 saturated carbocycles. The van der Waals surface area contributed by atoms with E-state index in [0.717, 1.165) is 43.3 Å². The number of rotatable bonds is 5. The fraction of sp³-hybridized carbons (Fsp3) is 0.421. The molecule has 4 rings (SSSR count). The Hall–Kier alpha value is -3.06. The van der Waals surface area contributed by atoms with Gasteiger partial charge in [-0.25, -0.2) is 23.3 Å². The summed E-state index contributed by atoms with van der Waals surface area (Å²) >= 11 is 0. The van der Waals surface area contributed by atoms with Gasteiger partial charge in [-0.15, -0.1) is 0 Å². The molecule has 3 N–H and O–H groups in total. The van der Waals surface area contributed by atoms with Crippen molar-refractivity contribution in [1.29, 1.82) is 0 Å². The number of aliphatic hydroxyl groups is 1. The van der Waals surface area contributed by atoms with Crippen LogP contribution in [0.1, 0.15) is 24.6 Å². The molecule has 1 fully saturated rings. The highest BCUT2D eigenvalue weighted by molar-refractivity contribution is 5.63. The molecule has 1 aliphatic rings. The summed E-state index contributed by atoms with van der Waals surface area (Å²) in [6.07, 6.45) is -5.19. The number of halogens is 5. The van der Waals surface area contributed by atoms with Crippen molar-refractivity contribution in [3.63, 3.8) is 0 Å². The van der Waals surface area contributed by atoms with Crippen LogP contribution in [0.5, 0.6) is 5.75 Å². The topological polar surface area (TPSA) is 96.6 Å². The first kappa shape index (κ1) is 22.1. The molecular weight excluding hydrogens is 439 g/mol. The van der Waals surface area contributed by atoms with Crippen molar-refractivity contribution >= 4 is 11.5 Å². The summed E-state index contributed by atoms with van der Waals surface area (Å²) in [6.45, 7) is 1.41. The highest BCUT2D eigenvalue weighted by Crippen LogP contribution is 2.37. The van der Waals surface area contributed by atoms with Crippen molar-refractivity contribution in [3.8, 4) is 17.1 Å². The van der Waals surface area contributed by atoms with Crippen molar-refractivity contribution in [1.82, 2.24) is 24.9 Å². The predicted molar refractivity (Wildman–Crippen MR) is 103 cm³/mol. The standard InChI is InChI=1S/C19H19F5N6O2/c1-32-13-6-14-26-8-12(30(14)29-16(13)17(31)19(22,23)24)15-10(20)5-11(21)18(28-15)27-9-3-2-4-25-7-9/h5-6,8-9,17,25,31H,2-4,7H2,1H3,(H,27,28). The first-order chi connectivity index (χ1) is 15.2. The summed E-state index contributed by atoms with van der Waals surface area (Å²) < 4.78 is 74.0. The molecule has 172 valence electrons. The average molecular weight is 458 g/mol. The lowest BCUT2D eigenvalue weighted by atomic mass is 10.1. The molecule has 0 radical (unpaired) electrons. The third-order valence-electron chi connectivity index (χ3n) is 5.08. The van der Waals surface area contributed by atoms with E-state index in [1.807, 2.05) is 0 Å². The molecule has 13 heteroatoms. The Labute approximate surface area is 178 Å². The van der Waals surface area contributed by atoms with Crippen molar-refractivity contribution < 1.29 is 31.8 Å². The summed E-state index contributed by atoms with van der Waals surface area (Å²) in [7, 11) is 1.11. The van der Waals surface area contributed by atoms with Crippen LogP contribution < -0.4 is 15.4 Å². The maximum Gasteiger partial charge on any atom is 0.420 e. The van der Waals surface area contributed by atoms with E-state index in [0.29, 0.717) is 12.6 Å². The minimum Gasteiger partial charge on any atom is -0.495 e. The second-order valence-corrected chi connectivity index (χ2v) is 7.29. The van der Waals surface area contributed by atoms with E-state index in [9.17, 15) is 27.1 Å². The summed E-state index contributed by atoms with van der Waals surface area (Å²) in [5.41, 5.74) is -1.30. The molecule has 0 aliphatic carbocycles. The second-order valence-electron chi connectivity index (χ2n) is 7.29. The molecule has 2 atom stereocenters. The van der Waals surface area contributed by atoms with Gasteiger partial charge in [-0.2, -0.15) is 18.3 Å². The number of fused-ring (bicyclic) bond motifs is 1. The number of hydrogen-bond acceptors (Lipinski definition) is 7. The number of alkyl halides is 3. The number of piperidine rings is 1. The van der Waals surface area contributed by atoms with Gasteiger partial charge >= 0.3 is 6.18 Å². The Morgan fingerprint density at radius 3 is 2.72 bits per heavy atom. The van der Waals surface area contributed by atoms with Gasteiger partial charge in [0.15, 0.2) is 29.2 Å². The minimum atomic E-state index is -5.01. The number of ether oxygens (including phenoxy) is 1. The average Bonchev–Trinajstić information content (AvgIpc) is 3.16. The van der Waals surface area contributed by atoms with Gasteiger partial charge in [-0.1, -0.05) is 0 Å². The van der Waals surface area contributed by atoms with E-state index < -0.39 is 29.6 Å². The van der Waals surface area contributed by atoms with Gasteiger partial charge in [0.05, 0.1) is 13.3 Å². The van der Waals surface area contributed by atoms with Gasteiger partial charge in [0, 0.05) is 24.7 Å². The van der Waals surface area contributed by atoms with Gasteiger partial charge in [-0.3, -0.25) is 0 Å². The maximum atomic E-state index is 14.6. The number of hydrogen-bond donors (Lipinski definition) is 3. The quantitative estimate of drug-likeness (QED) is 0.506. The molecule has 0 amide bonds. The lowest BCUT2D eigenvalue weighted by Gasteiger charge is -2.24. The normalized spacial score (nSPS) is 18.0. The summed E-state index contributed by atoms with van der Waals surface area (Å²) in [4.78, 5) is 8.02. The molecule has 32 heavy (non-hydrogen) atoms. The van der Waals surface area contributed by atoms with Crippen LogP contribution in [0.4, 0.5) is 27.8 Å². The fourth-order valence-corrected chi connectivity index (χ4v) is 3.50.